The van der Waals surface area contributed by atoms with Crippen LogP contribution in [0.1, 0.15) is 47.0 Å². The van der Waals surface area contributed by atoms with Crippen LogP contribution in [0.15, 0.2) is 4.99 Å². The van der Waals surface area contributed by atoms with Crippen molar-refractivity contribution in [3.63, 3.8) is 0 Å². The van der Waals surface area contributed by atoms with Crippen molar-refractivity contribution < 1.29 is 0 Å². The van der Waals surface area contributed by atoms with Gasteiger partial charge in [-0.3, -0.25) is 4.99 Å². The van der Waals surface area contributed by atoms with E-state index in [1.165, 1.54) is 19.3 Å². The van der Waals surface area contributed by atoms with Crippen molar-refractivity contribution in [2.75, 3.05) is 0 Å². The molecule has 0 aromatic heterocycles. The van der Waals surface area contributed by atoms with Crippen molar-refractivity contribution >= 4 is 6.21 Å². The fraction of sp³-hybridized carbons (Fsp3) is 0.900. The van der Waals surface area contributed by atoms with E-state index in [4.69, 9.17) is 0 Å². The summed E-state index contributed by atoms with van der Waals surface area (Å²) in [5, 5.41) is 0. The van der Waals surface area contributed by atoms with Crippen LogP contribution in [-0.4, -0.2) is 11.8 Å². The largest absolute Gasteiger partial charge is 0.291 e. The molecule has 0 aromatic carbocycles. The smallest absolute Gasteiger partial charge is 0.0626 e. The van der Waals surface area contributed by atoms with Crippen molar-refractivity contribution in [1.29, 1.82) is 0 Å². The predicted molar refractivity (Wildman–Crippen MR) is 50.2 cm³/mol. The van der Waals surface area contributed by atoms with Crippen LogP contribution in [0.4, 0.5) is 0 Å². The fourth-order valence-corrected chi connectivity index (χ4v) is 2.01. The predicted octanol–water partition coefficient (Wildman–Crippen LogP) is 3.05. The molecule has 0 heterocycles. The zero-order valence-corrected chi connectivity index (χ0v) is 8.15. The van der Waals surface area contributed by atoms with Crippen LogP contribution in [0.25, 0.3) is 0 Å². The Labute approximate surface area is 69.9 Å². The minimum absolute atomic E-state index is 0.210. The van der Waals surface area contributed by atoms with Crippen LogP contribution in [0.3, 0.4) is 0 Å². The van der Waals surface area contributed by atoms with Gasteiger partial charge in [0.15, 0.2) is 0 Å². The van der Waals surface area contributed by atoms with Gasteiger partial charge in [-0.2, -0.15) is 0 Å². The van der Waals surface area contributed by atoms with Crippen LogP contribution >= 0.6 is 0 Å². The molecule has 0 amide bonds. The maximum atomic E-state index is 4.58. The number of hydrogen-bond donors (Lipinski definition) is 0. The standard InChI is InChI=1S/C10H19N/c1-5-11-10(4)8-6-7-9(10,2)3/h5H,6-8H2,1-4H3. The maximum absolute atomic E-state index is 4.58. The molecular formula is C10H19N. The summed E-state index contributed by atoms with van der Waals surface area (Å²) in [6, 6.07) is 0. The van der Waals surface area contributed by atoms with Crippen LogP contribution < -0.4 is 0 Å². The molecule has 0 radical (unpaired) electrons. The monoisotopic (exact) mass is 153 g/mol. The summed E-state index contributed by atoms with van der Waals surface area (Å²) < 4.78 is 0. The zero-order chi connectivity index (χ0) is 8.54. The summed E-state index contributed by atoms with van der Waals surface area (Å²) in [6.07, 6.45) is 5.86. The highest BCUT2D eigenvalue weighted by Gasteiger charge is 2.44. The molecule has 0 saturated heterocycles. The molecule has 0 N–H and O–H groups in total. The lowest BCUT2D eigenvalue weighted by atomic mass is 9.77. The molecule has 1 unspecified atom stereocenters. The van der Waals surface area contributed by atoms with E-state index in [1.54, 1.807) is 0 Å². The third-order valence-electron chi connectivity index (χ3n) is 3.34. The van der Waals surface area contributed by atoms with E-state index in [0.29, 0.717) is 5.41 Å². The minimum Gasteiger partial charge on any atom is -0.291 e. The summed E-state index contributed by atoms with van der Waals surface area (Å²) in [5.41, 5.74) is 0.612. The molecule has 1 heteroatoms. The van der Waals surface area contributed by atoms with E-state index in [1.807, 2.05) is 13.1 Å². The second-order valence-corrected chi connectivity index (χ2v) is 4.40. The molecule has 1 aliphatic rings. The third-order valence-corrected chi connectivity index (χ3v) is 3.34. The third kappa shape index (κ3) is 1.33. The quantitative estimate of drug-likeness (QED) is 0.513. The highest BCUT2D eigenvalue weighted by Crippen LogP contribution is 2.47. The summed E-state index contributed by atoms with van der Waals surface area (Å²) in [6.45, 7) is 8.94. The first-order chi connectivity index (χ1) is 5.02. The second-order valence-electron chi connectivity index (χ2n) is 4.40. The van der Waals surface area contributed by atoms with Gasteiger partial charge < -0.3 is 0 Å². The van der Waals surface area contributed by atoms with Crippen LogP contribution in [0, 0.1) is 5.41 Å². The molecule has 1 fully saturated rings. The summed E-state index contributed by atoms with van der Waals surface area (Å²) in [4.78, 5) is 4.58. The molecule has 11 heavy (non-hydrogen) atoms. The van der Waals surface area contributed by atoms with E-state index in [2.05, 4.69) is 25.8 Å². The number of aliphatic imine (C=N–C) groups is 1. The van der Waals surface area contributed by atoms with Gasteiger partial charge >= 0.3 is 0 Å². The highest BCUT2D eigenvalue weighted by atomic mass is 14.9. The summed E-state index contributed by atoms with van der Waals surface area (Å²) >= 11 is 0. The molecule has 64 valence electrons. The van der Waals surface area contributed by atoms with Crippen LogP contribution in [-0.2, 0) is 0 Å². The molecule has 1 atom stereocenters. The van der Waals surface area contributed by atoms with E-state index >= 15 is 0 Å². The molecule has 1 saturated carbocycles. The van der Waals surface area contributed by atoms with Crippen molar-refractivity contribution in [1.82, 2.24) is 0 Å². The first-order valence-electron chi connectivity index (χ1n) is 4.52. The fourth-order valence-electron chi connectivity index (χ4n) is 2.01. The Morgan fingerprint density at radius 3 is 2.18 bits per heavy atom. The van der Waals surface area contributed by atoms with Gasteiger partial charge in [0.1, 0.15) is 0 Å². The van der Waals surface area contributed by atoms with Gasteiger partial charge in [-0.05, 0) is 38.3 Å². The second kappa shape index (κ2) is 2.62. The number of hydrogen-bond acceptors (Lipinski definition) is 1. The van der Waals surface area contributed by atoms with Gasteiger partial charge in [-0.1, -0.05) is 20.3 Å². The van der Waals surface area contributed by atoms with Gasteiger partial charge in [0.2, 0.25) is 0 Å². The van der Waals surface area contributed by atoms with Gasteiger partial charge in [0.25, 0.3) is 0 Å². The topological polar surface area (TPSA) is 12.4 Å². The molecule has 1 aliphatic carbocycles. The molecule has 0 aromatic rings. The first kappa shape index (κ1) is 8.76. The van der Waals surface area contributed by atoms with Gasteiger partial charge in [-0.25, -0.2) is 0 Å². The highest BCUT2D eigenvalue weighted by molar-refractivity contribution is 5.54. The molecule has 1 rings (SSSR count). The average Bonchev–Trinajstić information content (AvgIpc) is 2.09. The van der Waals surface area contributed by atoms with E-state index < -0.39 is 0 Å². The molecular weight excluding hydrogens is 134 g/mol. The maximum Gasteiger partial charge on any atom is 0.0626 e. The molecule has 0 spiro atoms. The lowest BCUT2D eigenvalue weighted by Crippen LogP contribution is -2.34. The van der Waals surface area contributed by atoms with Gasteiger partial charge in [0.05, 0.1) is 5.54 Å². The number of nitrogens with zero attached hydrogens (tertiary/aromatic N) is 1. The van der Waals surface area contributed by atoms with Gasteiger partial charge in [-0.15, -0.1) is 0 Å². The van der Waals surface area contributed by atoms with Crippen LogP contribution in [0.5, 0.6) is 0 Å². The Morgan fingerprint density at radius 2 is 1.82 bits per heavy atom. The Bertz CT molecular complexity index is 170. The van der Waals surface area contributed by atoms with E-state index in [-0.39, 0.29) is 5.54 Å². The van der Waals surface area contributed by atoms with E-state index in [9.17, 15) is 0 Å². The summed E-state index contributed by atoms with van der Waals surface area (Å²) in [7, 11) is 0. The first-order valence-corrected chi connectivity index (χ1v) is 4.52. The Kier molecular flexibility index (Phi) is 2.08. The SMILES string of the molecule is CC=NC1(C)CCCC1(C)C. The molecule has 0 bridgehead atoms. The Hall–Kier alpha value is -0.330. The van der Waals surface area contributed by atoms with Gasteiger partial charge in [0, 0.05) is 0 Å². The van der Waals surface area contributed by atoms with Crippen molar-refractivity contribution in [3.05, 3.63) is 0 Å². The van der Waals surface area contributed by atoms with Crippen molar-refractivity contribution in [3.8, 4) is 0 Å². The lowest BCUT2D eigenvalue weighted by molar-refractivity contribution is 0.233. The van der Waals surface area contributed by atoms with Crippen LogP contribution in [0.2, 0.25) is 0 Å². The van der Waals surface area contributed by atoms with Crippen molar-refractivity contribution in [2.24, 2.45) is 10.4 Å². The average molecular weight is 153 g/mol. The molecule has 0 aliphatic heterocycles. The lowest BCUT2D eigenvalue weighted by Gasteiger charge is -2.34. The number of rotatable bonds is 1. The van der Waals surface area contributed by atoms with E-state index in [0.717, 1.165) is 0 Å². The Balaban J connectivity index is 2.84. The zero-order valence-electron chi connectivity index (χ0n) is 8.15. The normalized spacial score (nSPS) is 36.7. The Morgan fingerprint density at radius 1 is 1.18 bits per heavy atom. The van der Waals surface area contributed by atoms with Crippen molar-refractivity contribution in [2.45, 2.75) is 52.5 Å². The molecule has 1 nitrogen and oxygen atoms in total. The minimum atomic E-state index is 0.210. The summed E-state index contributed by atoms with van der Waals surface area (Å²) in [5.74, 6) is 0.